The Labute approximate surface area is 95.9 Å². The molecule has 0 saturated carbocycles. The summed E-state index contributed by atoms with van der Waals surface area (Å²) < 4.78 is 0. The summed E-state index contributed by atoms with van der Waals surface area (Å²) in [6, 6.07) is 9.37. The highest BCUT2D eigenvalue weighted by Crippen LogP contribution is 2.24. The van der Waals surface area contributed by atoms with Crippen molar-refractivity contribution in [3.8, 4) is 0 Å². The molecule has 1 aromatic carbocycles. The van der Waals surface area contributed by atoms with Crippen LogP contribution in [0.3, 0.4) is 0 Å². The Kier molecular flexibility index (Phi) is 4.58. The fourth-order valence-electron chi connectivity index (χ4n) is 1.51. The van der Waals surface area contributed by atoms with Gasteiger partial charge in [-0.05, 0) is 25.0 Å². The van der Waals surface area contributed by atoms with Gasteiger partial charge in [0.05, 0.1) is 5.69 Å². The average molecular weight is 222 g/mol. The van der Waals surface area contributed by atoms with Gasteiger partial charge in [-0.1, -0.05) is 32.0 Å². The quantitative estimate of drug-likeness (QED) is 0.464. The van der Waals surface area contributed by atoms with E-state index in [2.05, 4.69) is 15.1 Å². The van der Waals surface area contributed by atoms with Crippen LogP contribution in [0, 0.1) is 5.92 Å². The molecule has 1 atom stereocenters. The molecule has 0 aliphatic carbocycles. The van der Waals surface area contributed by atoms with Crippen molar-refractivity contribution >= 4 is 5.69 Å². The molecule has 0 aliphatic rings. The third kappa shape index (κ3) is 4.08. The number of azo groups is 1. The molecule has 0 bridgehead atoms. The van der Waals surface area contributed by atoms with Crippen molar-refractivity contribution in [2.75, 3.05) is 0 Å². The van der Waals surface area contributed by atoms with Crippen LogP contribution in [0.2, 0.25) is 0 Å². The molecule has 0 amide bonds. The van der Waals surface area contributed by atoms with Crippen LogP contribution in [0.1, 0.15) is 27.2 Å². The molecule has 0 radical (unpaired) electrons. The van der Waals surface area contributed by atoms with E-state index in [9.17, 15) is 0 Å². The molecule has 4 heteroatoms. The zero-order chi connectivity index (χ0) is 12.0. The van der Waals surface area contributed by atoms with Crippen LogP contribution < -0.4 is 0 Å². The summed E-state index contributed by atoms with van der Waals surface area (Å²) in [6.07, 6.45) is 0.611. The molecule has 0 heterocycles. The molecular weight excluding hydrogens is 204 g/mol. The Morgan fingerprint density at radius 3 is 2.44 bits per heavy atom. The van der Waals surface area contributed by atoms with Gasteiger partial charge < -0.3 is 0 Å². The number of rotatable bonds is 5. The van der Waals surface area contributed by atoms with Gasteiger partial charge in [0.25, 0.3) is 0 Å². The van der Waals surface area contributed by atoms with Gasteiger partial charge >= 0.3 is 0 Å². The zero-order valence-corrected chi connectivity index (χ0v) is 9.92. The highest BCUT2D eigenvalue weighted by Gasteiger charge is 2.26. The summed E-state index contributed by atoms with van der Waals surface area (Å²) in [5, 5.41) is 16.9. The normalized spacial score (nSPS) is 15.6. The Bertz CT molecular complexity index is 338. The second kappa shape index (κ2) is 5.72. The van der Waals surface area contributed by atoms with E-state index in [1.165, 1.54) is 0 Å². The molecule has 0 aromatic heterocycles. The first-order valence-electron chi connectivity index (χ1n) is 5.36. The molecular formula is C12H18N2O2. The maximum Gasteiger partial charge on any atom is 0.210 e. The third-order valence-corrected chi connectivity index (χ3v) is 2.12. The highest BCUT2D eigenvalue weighted by molar-refractivity contribution is 5.34. The number of benzene rings is 1. The van der Waals surface area contributed by atoms with Crippen LogP contribution in [0.15, 0.2) is 40.6 Å². The molecule has 1 rings (SSSR count). The predicted octanol–water partition coefficient (Wildman–Crippen LogP) is 4.02. The first-order chi connectivity index (χ1) is 7.56. The van der Waals surface area contributed by atoms with Crippen LogP contribution in [-0.4, -0.2) is 11.0 Å². The molecule has 0 saturated heterocycles. The van der Waals surface area contributed by atoms with Crippen LogP contribution >= 0.6 is 0 Å². The summed E-state index contributed by atoms with van der Waals surface area (Å²) in [6.45, 7) is 5.78. The van der Waals surface area contributed by atoms with Crippen LogP contribution in [0.5, 0.6) is 0 Å². The second-order valence-electron chi connectivity index (χ2n) is 4.40. The van der Waals surface area contributed by atoms with E-state index in [1.807, 2.05) is 44.2 Å². The third-order valence-electron chi connectivity index (χ3n) is 2.12. The number of hydrogen-bond donors (Lipinski definition) is 1. The first kappa shape index (κ1) is 12.8. The minimum absolute atomic E-state index is 0.367. The Hall–Kier alpha value is -1.26. The topological polar surface area (TPSA) is 54.2 Å². The van der Waals surface area contributed by atoms with E-state index >= 15 is 0 Å². The van der Waals surface area contributed by atoms with E-state index in [4.69, 9.17) is 5.26 Å². The monoisotopic (exact) mass is 222 g/mol. The van der Waals surface area contributed by atoms with Crippen molar-refractivity contribution in [3.63, 3.8) is 0 Å². The van der Waals surface area contributed by atoms with Crippen molar-refractivity contribution in [3.05, 3.63) is 30.3 Å². The van der Waals surface area contributed by atoms with Gasteiger partial charge in [-0.2, -0.15) is 5.11 Å². The predicted molar refractivity (Wildman–Crippen MR) is 62.5 cm³/mol. The van der Waals surface area contributed by atoms with Gasteiger partial charge in [0.15, 0.2) is 0 Å². The SMILES string of the molecule is CC(C)CC(C)(N=Nc1ccccc1)OO. The Balaban J connectivity index is 2.73. The molecule has 1 aromatic rings. The van der Waals surface area contributed by atoms with Gasteiger partial charge in [-0.3, -0.25) is 0 Å². The lowest BCUT2D eigenvalue weighted by Crippen LogP contribution is -2.26. The number of nitrogens with zero attached hydrogens (tertiary/aromatic N) is 2. The molecule has 1 unspecified atom stereocenters. The lowest BCUT2D eigenvalue weighted by molar-refractivity contribution is -0.320. The van der Waals surface area contributed by atoms with Crippen molar-refractivity contribution in [1.29, 1.82) is 0 Å². The second-order valence-corrected chi connectivity index (χ2v) is 4.40. The molecule has 88 valence electrons. The molecule has 0 aliphatic heterocycles. The van der Waals surface area contributed by atoms with E-state index in [1.54, 1.807) is 6.92 Å². The fraction of sp³-hybridized carbons (Fsp3) is 0.500. The molecule has 0 fully saturated rings. The van der Waals surface area contributed by atoms with Crippen LogP contribution in [0.25, 0.3) is 0 Å². The van der Waals surface area contributed by atoms with Crippen molar-refractivity contribution in [2.45, 2.75) is 32.9 Å². The van der Waals surface area contributed by atoms with Crippen LogP contribution in [0.4, 0.5) is 5.69 Å². The maximum absolute atomic E-state index is 8.86. The molecule has 1 N–H and O–H groups in total. The van der Waals surface area contributed by atoms with Gasteiger partial charge in [0.2, 0.25) is 5.72 Å². The van der Waals surface area contributed by atoms with Gasteiger partial charge in [0, 0.05) is 6.42 Å². The van der Waals surface area contributed by atoms with E-state index in [0.29, 0.717) is 12.3 Å². The van der Waals surface area contributed by atoms with E-state index in [0.717, 1.165) is 5.69 Å². The molecule has 0 spiro atoms. The highest BCUT2D eigenvalue weighted by atomic mass is 17.1. The fourth-order valence-corrected chi connectivity index (χ4v) is 1.51. The van der Waals surface area contributed by atoms with Gasteiger partial charge in [-0.15, -0.1) is 5.11 Å². The molecule has 4 nitrogen and oxygen atoms in total. The first-order valence-corrected chi connectivity index (χ1v) is 5.36. The van der Waals surface area contributed by atoms with E-state index in [-0.39, 0.29) is 0 Å². The molecule has 16 heavy (non-hydrogen) atoms. The minimum atomic E-state index is -0.968. The summed E-state index contributed by atoms with van der Waals surface area (Å²) in [5.41, 5.74) is -0.223. The van der Waals surface area contributed by atoms with Crippen molar-refractivity contribution in [2.24, 2.45) is 16.1 Å². The summed E-state index contributed by atoms with van der Waals surface area (Å²) >= 11 is 0. The zero-order valence-electron chi connectivity index (χ0n) is 9.92. The lowest BCUT2D eigenvalue weighted by Gasteiger charge is -2.21. The maximum atomic E-state index is 8.86. The van der Waals surface area contributed by atoms with Crippen molar-refractivity contribution in [1.82, 2.24) is 0 Å². The average Bonchev–Trinajstić information content (AvgIpc) is 2.27. The lowest BCUT2D eigenvalue weighted by atomic mass is 10.0. The number of hydrogen-bond acceptors (Lipinski definition) is 4. The largest absolute Gasteiger partial charge is 0.249 e. The Morgan fingerprint density at radius 1 is 1.31 bits per heavy atom. The smallest absolute Gasteiger partial charge is 0.210 e. The van der Waals surface area contributed by atoms with Gasteiger partial charge in [-0.25, -0.2) is 10.1 Å². The van der Waals surface area contributed by atoms with Crippen molar-refractivity contribution < 1.29 is 10.1 Å². The standard InChI is InChI=1S/C12H18N2O2/c1-10(2)9-12(3,16-15)14-13-11-7-5-4-6-8-11/h4-8,10,15H,9H2,1-3H3. The minimum Gasteiger partial charge on any atom is -0.249 e. The summed E-state index contributed by atoms with van der Waals surface area (Å²) in [5.74, 6) is 0.367. The summed E-state index contributed by atoms with van der Waals surface area (Å²) in [7, 11) is 0. The van der Waals surface area contributed by atoms with E-state index < -0.39 is 5.72 Å². The Morgan fingerprint density at radius 2 is 1.94 bits per heavy atom. The van der Waals surface area contributed by atoms with Crippen LogP contribution in [-0.2, 0) is 4.89 Å². The summed E-state index contributed by atoms with van der Waals surface area (Å²) in [4.78, 5) is 4.41. The van der Waals surface area contributed by atoms with Gasteiger partial charge in [0.1, 0.15) is 0 Å².